The lowest BCUT2D eigenvalue weighted by Gasteiger charge is -2.08. The highest BCUT2D eigenvalue weighted by Gasteiger charge is 2.17. The summed E-state index contributed by atoms with van der Waals surface area (Å²) >= 11 is 3.07. The SMILES string of the molecule is Cc1ccc(S(=O)(=O)Oc2cccc(C(=O)CBr)c2)cc1. The van der Waals surface area contributed by atoms with Gasteiger partial charge in [0.05, 0.1) is 5.33 Å². The van der Waals surface area contributed by atoms with Crippen molar-refractivity contribution >= 4 is 31.8 Å². The Kier molecular flexibility index (Phi) is 4.80. The first-order valence-electron chi connectivity index (χ1n) is 6.13. The molecule has 0 N–H and O–H groups in total. The fourth-order valence-corrected chi connectivity index (χ4v) is 2.92. The van der Waals surface area contributed by atoms with E-state index in [1.165, 1.54) is 24.3 Å². The summed E-state index contributed by atoms with van der Waals surface area (Å²) in [6.07, 6.45) is 0. The van der Waals surface area contributed by atoms with Crippen LogP contribution in [0.25, 0.3) is 0 Å². The van der Waals surface area contributed by atoms with E-state index in [4.69, 9.17) is 4.18 Å². The molecule has 0 saturated heterocycles. The highest BCUT2D eigenvalue weighted by Crippen LogP contribution is 2.20. The summed E-state index contributed by atoms with van der Waals surface area (Å²) in [5, 5.41) is 0.168. The summed E-state index contributed by atoms with van der Waals surface area (Å²) in [6, 6.07) is 12.5. The van der Waals surface area contributed by atoms with Crippen LogP contribution in [0.4, 0.5) is 0 Å². The Morgan fingerprint density at radius 1 is 1.14 bits per heavy atom. The van der Waals surface area contributed by atoms with Gasteiger partial charge in [-0.2, -0.15) is 8.42 Å². The predicted molar refractivity (Wildman–Crippen MR) is 83.6 cm³/mol. The zero-order valence-electron chi connectivity index (χ0n) is 11.2. The van der Waals surface area contributed by atoms with Crippen LogP contribution in [0.3, 0.4) is 0 Å². The van der Waals surface area contributed by atoms with Gasteiger partial charge in [-0.05, 0) is 31.2 Å². The molecule has 0 saturated carbocycles. The van der Waals surface area contributed by atoms with E-state index in [9.17, 15) is 13.2 Å². The normalized spacial score (nSPS) is 11.1. The van der Waals surface area contributed by atoms with Gasteiger partial charge >= 0.3 is 10.1 Å². The second kappa shape index (κ2) is 6.41. The van der Waals surface area contributed by atoms with Gasteiger partial charge in [0.2, 0.25) is 0 Å². The average molecular weight is 369 g/mol. The fourth-order valence-electron chi connectivity index (χ4n) is 1.68. The number of carbonyl (C=O) groups is 1. The molecule has 0 aliphatic carbocycles. The first-order valence-corrected chi connectivity index (χ1v) is 8.66. The van der Waals surface area contributed by atoms with Gasteiger partial charge in [0.1, 0.15) is 10.6 Å². The minimum atomic E-state index is -3.90. The molecule has 0 spiro atoms. The molecule has 0 unspecified atom stereocenters. The number of hydrogen-bond donors (Lipinski definition) is 0. The minimum Gasteiger partial charge on any atom is -0.379 e. The van der Waals surface area contributed by atoms with Crippen molar-refractivity contribution in [2.75, 3.05) is 5.33 Å². The molecule has 4 nitrogen and oxygen atoms in total. The first kappa shape index (κ1) is 15.7. The zero-order chi connectivity index (χ0) is 15.5. The summed E-state index contributed by atoms with van der Waals surface area (Å²) in [5.74, 6) is -0.0319. The molecule has 0 bridgehead atoms. The average Bonchev–Trinajstić information content (AvgIpc) is 2.46. The Morgan fingerprint density at radius 3 is 2.43 bits per heavy atom. The summed E-state index contributed by atoms with van der Waals surface area (Å²) in [4.78, 5) is 11.7. The van der Waals surface area contributed by atoms with Crippen LogP contribution in [0, 0.1) is 6.92 Å². The number of ketones is 1. The summed E-state index contributed by atoms with van der Waals surface area (Å²) in [6.45, 7) is 1.87. The molecule has 21 heavy (non-hydrogen) atoms. The molecule has 2 rings (SSSR count). The van der Waals surface area contributed by atoms with E-state index in [1.807, 2.05) is 6.92 Å². The molecule has 0 atom stereocenters. The summed E-state index contributed by atoms with van der Waals surface area (Å²) < 4.78 is 29.4. The number of halogens is 1. The Balaban J connectivity index is 2.28. The number of benzene rings is 2. The van der Waals surface area contributed by atoms with E-state index in [2.05, 4.69) is 15.9 Å². The van der Waals surface area contributed by atoms with Gasteiger partial charge in [0.15, 0.2) is 5.78 Å². The number of rotatable bonds is 5. The van der Waals surface area contributed by atoms with E-state index >= 15 is 0 Å². The highest BCUT2D eigenvalue weighted by molar-refractivity contribution is 9.09. The van der Waals surface area contributed by atoms with E-state index < -0.39 is 10.1 Å². The predicted octanol–water partition coefficient (Wildman–Crippen LogP) is 3.34. The molecule has 0 heterocycles. The lowest BCUT2D eigenvalue weighted by atomic mass is 10.1. The summed E-state index contributed by atoms with van der Waals surface area (Å²) in [5.41, 5.74) is 1.35. The van der Waals surface area contributed by atoms with Crippen molar-refractivity contribution in [2.45, 2.75) is 11.8 Å². The van der Waals surface area contributed by atoms with Crippen LogP contribution < -0.4 is 4.18 Å². The molecule has 6 heteroatoms. The van der Waals surface area contributed by atoms with Crippen molar-refractivity contribution < 1.29 is 17.4 Å². The Morgan fingerprint density at radius 2 is 1.81 bits per heavy atom. The van der Waals surface area contributed by atoms with Crippen LogP contribution >= 0.6 is 15.9 Å². The number of alkyl halides is 1. The van der Waals surface area contributed by atoms with Crippen LogP contribution in [0.2, 0.25) is 0 Å². The Hall–Kier alpha value is -1.66. The van der Waals surface area contributed by atoms with Crippen molar-refractivity contribution in [2.24, 2.45) is 0 Å². The largest absolute Gasteiger partial charge is 0.379 e. The molecule has 0 aliphatic heterocycles. The molecule has 2 aromatic carbocycles. The molecular weight excluding hydrogens is 356 g/mol. The number of carbonyl (C=O) groups excluding carboxylic acids is 1. The topological polar surface area (TPSA) is 60.4 Å². The maximum absolute atomic E-state index is 12.1. The van der Waals surface area contributed by atoms with Gasteiger partial charge < -0.3 is 4.18 Å². The maximum Gasteiger partial charge on any atom is 0.339 e. The highest BCUT2D eigenvalue weighted by atomic mass is 79.9. The van der Waals surface area contributed by atoms with Crippen LogP contribution in [0.15, 0.2) is 53.4 Å². The number of aryl methyl sites for hydroxylation is 1. The van der Waals surface area contributed by atoms with Crippen LogP contribution in [-0.2, 0) is 10.1 Å². The third-order valence-electron chi connectivity index (χ3n) is 2.79. The molecule has 2 aromatic rings. The molecule has 0 fully saturated rings. The second-order valence-electron chi connectivity index (χ2n) is 4.44. The zero-order valence-corrected chi connectivity index (χ0v) is 13.6. The van der Waals surface area contributed by atoms with Gasteiger partial charge in [0, 0.05) is 5.56 Å². The van der Waals surface area contributed by atoms with Gasteiger partial charge in [0.25, 0.3) is 0 Å². The molecule has 0 radical (unpaired) electrons. The first-order chi connectivity index (χ1) is 9.92. The quantitative estimate of drug-likeness (QED) is 0.461. The van der Waals surface area contributed by atoms with Crippen LogP contribution in [-0.4, -0.2) is 19.5 Å². The van der Waals surface area contributed by atoms with E-state index in [0.29, 0.717) is 5.56 Å². The Bertz CT molecular complexity index is 751. The minimum absolute atomic E-state index is 0.0744. The number of hydrogen-bond acceptors (Lipinski definition) is 4. The molecule has 110 valence electrons. The smallest absolute Gasteiger partial charge is 0.339 e. The van der Waals surface area contributed by atoms with Crippen molar-refractivity contribution in [1.29, 1.82) is 0 Å². The van der Waals surface area contributed by atoms with Gasteiger partial charge in [-0.3, -0.25) is 4.79 Å². The van der Waals surface area contributed by atoms with E-state index in [1.54, 1.807) is 24.3 Å². The summed E-state index contributed by atoms with van der Waals surface area (Å²) in [7, 11) is -3.90. The standard InChI is InChI=1S/C15H13BrO4S/c1-11-5-7-14(8-6-11)21(18,19)20-13-4-2-3-12(9-13)15(17)10-16/h2-9H,10H2,1H3. The van der Waals surface area contributed by atoms with Crippen molar-refractivity contribution in [1.82, 2.24) is 0 Å². The van der Waals surface area contributed by atoms with Crippen molar-refractivity contribution in [3.8, 4) is 5.75 Å². The fraction of sp³-hybridized carbons (Fsp3) is 0.133. The number of Topliss-reactive ketones (excluding diaryl/α,β-unsaturated/α-hetero) is 1. The lowest BCUT2D eigenvalue weighted by molar-refractivity contribution is 0.102. The van der Waals surface area contributed by atoms with Crippen molar-refractivity contribution in [3.63, 3.8) is 0 Å². The lowest BCUT2D eigenvalue weighted by Crippen LogP contribution is -2.10. The molecule has 0 amide bonds. The van der Waals surface area contributed by atoms with Crippen LogP contribution in [0.1, 0.15) is 15.9 Å². The third kappa shape index (κ3) is 3.92. The van der Waals surface area contributed by atoms with Gasteiger partial charge in [-0.25, -0.2) is 0 Å². The van der Waals surface area contributed by atoms with E-state index in [-0.39, 0.29) is 21.8 Å². The third-order valence-corrected chi connectivity index (χ3v) is 4.56. The monoisotopic (exact) mass is 368 g/mol. The molecule has 0 aromatic heterocycles. The van der Waals surface area contributed by atoms with Crippen LogP contribution in [0.5, 0.6) is 5.75 Å². The maximum atomic E-state index is 12.1. The molecule has 0 aliphatic rings. The van der Waals surface area contributed by atoms with Gasteiger partial charge in [-0.1, -0.05) is 45.8 Å². The Labute approximate surface area is 132 Å². The second-order valence-corrected chi connectivity index (χ2v) is 6.54. The van der Waals surface area contributed by atoms with E-state index in [0.717, 1.165) is 5.56 Å². The molecular formula is C15H13BrO4S. The van der Waals surface area contributed by atoms with Gasteiger partial charge in [-0.15, -0.1) is 0 Å². The van der Waals surface area contributed by atoms with Crippen molar-refractivity contribution in [3.05, 3.63) is 59.7 Å².